The van der Waals surface area contributed by atoms with Crippen molar-refractivity contribution >= 4 is 23.3 Å². The lowest BCUT2D eigenvalue weighted by Gasteiger charge is -2.16. The molecule has 1 aromatic rings. The quantitative estimate of drug-likeness (QED) is 0.838. The molecule has 0 aliphatic carbocycles. The number of halogens is 2. The summed E-state index contributed by atoms with van der Waals surface area (Å²) in [4.78, 5) is 35.8. The van der Waals surface area contributed by atoms with Gasteiger partial charge in [0, 0.05) is 25.6 Å². The Morgan fingerprint density at radius 3 is 2.55 bits per heavy atom. The third-order valence-electron chi connectivity index (χ3n) is 2.95. The van der Waals surface area contributed by atoms with Gasteiger partial charge in [-0.25, -0.2) is 8.78 Å². The number of fused-ring (bicyclic) bond motifs is 1. The van der Waals surface area contributed by atoms with Crippen LogP contribution in [0.5, 0.6) is 0 Å². The van der Waals surface area contributed by atoms with Crippen LogP contribution in [-0.2, 0) is 9.59 Å². The van der Waals surface area contributed by atoms with Crippen molar-refractivity contribution in [2.45, 2.75) is 13.3 Å². The fourth-order valence-electron chi connectivity index (χ4n) is 2.01. The van der Waals surface area contributed by atoms with Crippen LogP contribution in [0.1, 0.15) is 23.7 Å². The summed E-state index contributed by atoms with van der Waals surface area (Å²) in [6.07, 6.45) is -0.0225. The van der Waals surface area contributed by atoms with Gasteiger partial charge in [-0.2, -0.15) is 0 Å². The molecule has 0 spiro atoms. The molecule has 1 heterocycles. The first-order chi connectivity index (χ1) is 9.45. The van der Waals surface area contributed by atoms with E-state index in [2.05, 4.69) is 5.32 Å². The Labute approximate surface area is 113 Å². The maximum Gasteiger partial charge on any atom is 0.299 e. The highest BCUT2D eigenvalue weighted by Crippen LogP contribution is 2.30. The lowest BCUT2D eigenvalue weighted by atomic mass is 10.1. The van der Waals surface area contributed by atoms with Gasteiger partial charge in [0.15, 0.2) is 11.6 Å². The third kappa shape index (κ3) is 2.38. The third-order valence-corrected chi connectivity index (χ3v) is 2.95. The van der Waals surface area contributed by atoms with Crippen molar-refractivity contribution in [3.05, 3.63) is 29.3 Å². The Morgan fingerprint density at radius 2 is 1.90 bits per heavy atom. The highest BCUT2D eigenvalue weighted by atomic mass is 19.2. The van der Waals surface area contributed by atoms with E-state index in [1.54, 1.807) is 6.92 Å². The summed E-state index contributed by atoms with van der Waals surface area (Å²) in [7, 11) is 0. The summed E-state index contributed by atoms with van der Waals surface area (Å²) >= 11 is 0. The molecule has 0 aromatic heterocycles. The lowest BCUT2D eigenvalue weighted by Crippen LogP contribution is -2.34. The van der Waals surface area contributed by atoms with Crippen molar-refractivity contribution in [3.8, 4) is 0 Å². The number of Topliss-reactive ketones (excluding diaryl/α,β-unsaturated/α-hetero) is 1. The maximum atomic E-state index is 13.2. The first-order valence-electron chi connectivity index (χ1n) is 6.07. The summed E-state index contributed by atoms with van der Waals surface area (Å²) in [5, 5.41) is 2.54. The number of nitrogens with one attached hydrogen (secondary N) is 1. The molecule has 1 N–H and O–H groups in total. The molecule has 20 heavy (non-hydrogen) atoms. The van der Waals surface area contributed by atoms with Crippen LogP contribution in [0.2, 0.25) is 0 Å². The summed E-state index contributed by atoms with van der Waals surface area (Å²) in [6.45, 7) is 2.13. The molecular weight excluding hydrogens is 270 g/mol. The van der Waals surface area contributed by atoms with E-state index in [9.17, 15) is 23.2 Å². The van der Waals surface area contributed by atoms with Crippen LogP contribution in [0, 0.1) is 11.6 Å². The van der Waals surface area contributed by atoms with Crippen molar-refractivity contribution in [3.63, 3.8) is 0 Å². The molecule has 2 amide bonds. The van der Waals surface area contributed by atoms with E-state index in [0.717, 1.165) is 11.0 Å². The van der Waals surface area contributed by atoms with Gasteiger partial charge >= 0.3 is 0 Å². The standard InChI is InChI=1S/C13H12F2N2O3/c1-2-16-11(18)3-4-17-10-6-9(15)8(14)5-7(10)12(19)13(17)20/h5-6H,2-4H2,1H3,(H,16,18). The number of carbonyl (C=O) groups excluding carboxylic acids is 3. The van der Waals surface area contributed by atoms with Crippen molar-refractivity contribution in [1.82, 2.24) is 5.32 Å². The fraction of sp³-hybridized carbons (Fsp3) is 0.308. The average molecular weight is 282 g/mol. The minimum atomic E-state index is -1.18. The number of ketones is 1. The minimum Gasteiger partial charge on any atom is -0.356 e. The second-order valence-corrected chi connectivity index (χ2v) is 4.27. The van der Waals surface area contributed by atoms with Gasteiger partial charge in [-0.15, -0.1) is 0 Å². The molecule has 1 aliphatic rings. The number of nitrogens with zero attached hydrogens (tertiary/aromatic N) is 1. The van der Waals surface area contributed by atoms with E-state index in [-0.39, 0.29) is 30.1 Å². The Kier molecular flexibility index (Phi) is 3.78. The van der Waals surface area contributed by atoms with Crippen molar-refractivity contribution in [2.75, 3.05) is 18.0 Å². The predicted molar refractivity (Wildman–Crippen MR) is 66.3 cm³/mol. The van der Waals surface area contributed by atoms with Gasteiger partial charge < -0.3 is 10.2 Å². The number of hydrogen-bond donors (Lipinski definition) is 1. The molecule has 106 valence electrons. The second-order valence-electron chi connectivity index (χ2n) is 4.27. The number of rotatable bonds is 4. The molecule has 0 bridgehead atoms. The van der Waals surface area contributed by atoms with Crippen LogP contribution in [0.25, 0.3) is 0 Å². The molecular formula is C13H12F2N2O3. The van der Waals surface area contributed by atoms with Crippen molar-refractivity contribution < 1.29 is 23.2 Å². The van der Waals surface area contributed by atoms with Crippen LogP contribution >= 0.6 is 0 Å². The van der Waals surface area contributed by atoms with E-state index < -0.39 is 23.3 Å². The van der Waals surface area contributed by atoms with Gasteiger partial charge in [0.2, 0.25) is 5.91 Å². The van der Waals surface area contributed by atoms with Gasteiger partial charge in [0.1, 0.15) is 0 Å². The number of anilines is 1. The maximum absolute atomic E-state index is 13.2. The fourth-order valence-corrected chi connectivity index (χ4v) is 2.01. The summed E-state index contributed by atoms with van der Waals surface area (Å²) in [5.41, 5.74) is -0.173. The first kappa shape index (κ1) is 14.1. The number of hydrogen-bond acceptors (Lipinski definition) is 3. The average Bonchev–Trinajstić information content (AvgIpc) is 2.62. The summed E-state index contributed by atoms with van der Waals surface area (Å²) < 4.78 is 26.3. The Balaban J connectivity index is 2.24. The van der Waals surface area contributed by atoms with Crippen LogP contribution in [-0.4, -0.2) is 30.7 Å². The Hall–Kier alpha value is -2.31. The van der Waals surface area contributed by atoms with Gasteiger partial charge in [0.25, 0.3) is 11.7 Å². The molecule has 0 radical (unpaired) electrons. The van der Waals surface area contributed by atoms with E-state index in [1.807, 2.05) is 0 Å². The van der Waals surface area contributed by atoms with E-state index >= 15 is 0 Å². The SMILES string of the molecule is CCNC(=O)CCN1C(=O)C(=O)c2cc(F)c(F)cc21. The summed E-state index contributed by atoms with van der Waals surface area (Å²) in [5.74, 6) is -4.39. The summed E-state index contributed by atoms with van der Waals surface area (Å²) in [6, 6.07) is 1.50. The minimum absolute atomic E-state index is 0.00296. The Morgan fingerprint density at radius 1 is 1.25 bits per heavy atom. The van der Waals surface area contributed by atoms with Crippen LogP contribution in [0.4, 0.5) is 14.5 Å². The van der Waals surface area contributed by atoms with Gasteiger partial charge in [0.05, 0.1) is 11.3 Å². The molecule has 0 fully saturated rings. The molecule has 5 nitrogen and oxygen atoms in total. The number of amides is 2. The molecule has 0 unspecified atom stereocenters. The van der Waals surface area contributed by atoms with Crippen LogP contribution in [0.15, 0.2) is 12.1 Å². The normalized spacial score (nSPS) is 13.7. The van der Waals surface area contributed by atoms with Crippen LogP contribution in [0.3, 0.4) is 0 Å². The molecule has 7 heteroatoms. The van der Waals surface area contributed by atoms with Gasteiger partial charge in [-0.1, -0.05) is 0 Å². The van der Waals surface area contributed by atoms with E-state index in [1.165, 1.54) is 0 Å². The zero-order valence-electron chi connectivity index (χ0n) is 10.7. The number of benzene rings is 1. The van der Waals surface area contributed by atoms with Crippen LogP contribution < -0.4 is 10.2 Å². The predicted octanol–water partition coefficient (Wildman–Crippen LogP) is 1.02. The first-order valence-corrected chi connectivity index (χ1v) is 6.07. The van der Waals surface area contributed by atoms with Gasteiger partial charge in [-0.05, 0) is 13.0 Å². The number of carbonyl (C=O) groups is 3. The van der Waals surface area contributed by atoms with E-state index in [0.29, 0.717) is 12.6 Å². The second kappa shape index (κ2) is 5.36. The zero-order chi connectivity index (χ0) is 14.9. The molecule has 0 saturated heterocycles. The van der Waals surface area contributed by atoms with Gasteiger partial charge in [-0.3, -0.25) is 14.4 Å². The smallest absolute Gasteiger partial charge is 0.299 e. The molecule has 2 rings (SSSR count). The lowest BCUT2D eigenvalue weighted by molar-refractivity contribution is -0.120. The Bertz CT molecular complexity index is 602. The highest BCUT2D eigenvalue weighted by molar-refractivity contribution is 6.52. The largest absolute Gasteiger partial charge is 0.356 e. The van der Waals surface area contributed by atoms with E-state index in [4.69, 9.17) is 0 Å². The topological polar surface area (TPSA) is 66.5 Å². The molecule has 1 aliphatic heterocycles. The monoisotopic (exact) mass is 282 g/mol. The van der Waals surface area contributed by atoms with Crippen molar-refractivity contribution in [2.24, 2.45) is 0 Å². The molecule has 0 atom stereocenters. The molecule has 0 saturated carbocycles. The molecule has 1 aromatic carbocycles. The zero-order valence-corrected chi connectivity index (χ0v) is 10.7. The van der Waals surface area contributed by atoms with Crippen molar-refractivity contribution in [1.29, 1.82) is 0 Å². The highest BCUT2D eigenvalue weighted by Gasteiger charge is 2.37.